The number of hydrogen-bond donors (Lipinski definition) is 2. The number of rotatable bonds is 3. The molecule has 1 aromatic carbocycles. The van der Waals surface area contributed by atoms with E-state index in [4.69, 9.17) is 9.52 Å². The van der Waals surface area contributed by atoms with Crippen molar-refractivity contribution in [3.05, 3.63) is 27.4 Å². The summed E-state index contributed by atoms with van der Waals surface area (Å²) in [4.78, 5) is 21.6. The third kappa shape index (κ3) is 1.69. The zero-order valence-corrected chi connectivity index (χ0v) is 10.1. The van der Waals surface area contributed by atoms with Crippen LogP contribution in [0.15, 0.2) is 21.3 Å². The van der Waals surface area contributed by atoms with E-state index in [2.05, 4.69) is 0 Å². The molecule has 0 atom stereocenters. The molecule has 0 radical (unpaired) electrons. The molecular formula is C12H10O5S. The summed E-state index contributed by atoms with van der Waals surface area (Å²) in [6.45, 7) is 0. The number of aliphatic carboxylic acids is 1. The van der Waals surface area contributed by atoms with E-state index in [1.54, 1.807) is 6.07 Å². The monoisotopic (exact) mass is 266 g/mol. The largest absolute Gasteiger partial charge is 0.508 e. The van der Waals surface area contributed by atoms with E-state index in [1.807, 2.05) is 0 Å². The number of aromatic hydroxyl groups is 1. The van der Waals surface area contributed by atoms with Crippen LogP contribution in [0.3, 0.4) is 0 Å². The van der Waals surface area contributed by atoms with Crippen LogP contribution in [0.4, 0.5) is 0 Å². The SMILES string of the molecule is O=C(O)CC1(c2cc3oc(=O)sc3cc2O)CC1. The van der Waals surface area contributed by atoms with Crippen molar-refractivity contribution >= 4 is 27.6 Å². The van der Waals surface area contributed by atoms with Crippen LogP contribution in [0.25, 0.3) is 10.3 Å². The maximum atomic E-state index is 11.1. The molecule has 1 saturated carbocycles. The Morgan fingerprint density at radius 3 is 2.78 bits per heavy atom. The Morgan fingerprint density at radius 2 is 2.17 bits per heavy atom. The molecule has 0 saturated heterocycles. The fourth-order valence-electron chi connectivity index (χ4n) is 2.32. The number of benzene rings is 1. The highest BCUT2D eigenvalue weighted by atomic mass is 32.1. The van der Waals surface area contributed by atoms with E-state index in [-0.39, 0.29) is 12.2 Å². The van der Waals surface area contributed by atoms with Gasteiger partial charge >= 0.3 is 10.9 Å². The summed E-state index contributed by atoms with van der Waals surface area (Å²) in [6.07, 6.45) is 1.44. The minimum atomic E-state index is -0.890. The molecular weight excluding hydrogens is 256 g/mol. The number of fused-ring (bicyclic) bond motifs is 1. The molecule has 0 unspecified atom stereocenters. The molecule has 1 aliphatic rings. The second-order valence-electron chi connectivity index (χ2n) is 4.62. The summed E-state index contributed by atoms with van der Waals surface area (Å²) < 4.78 is 5.57. The van der Waals surface area contributed by atoms with E-state index >= 15 is 0 Å². The minimum Gasteiger partial charge on any atom is -0.508 e. The lowest BCUT2D eigenvalue weighted by molar-refractivity contribution is -0.137. The average molecular weight is 266 g/mol. The Morgan fingerprint density at radius 1 is 1.44 bits per heavy atom. The van der Waals surface area contributed by atoms with Crippen molar-refractivity contribution in [3.63, 3.8) is 0 Å². The van der Waals surface area contributed by atoms with Gasteiger partial charge in [0.1, 0.15) is 11.3 Å². The first-order valence-electron chi connectivity index (χ1n) is 5.49. The summed E-state index contributed by atoms with van der Waals surface area (Å²) in [5.74, 6) is -0.850. The Hall–Kier alpha value is -1.82. The van der Waals surface area contributed by atoms with Crippen LogP contribution in [0.5, 0.6) is 5.75 Å². The molecule has 0 bridgehead atoms. The number of carbonyl (C=O) groups is 1. The molecule has 1 aliphatic carbocycles. The maximum Gasteiger partial charge on any atom is 0.396 e. The Bertz CT molecular complexity index is 692. The maximum absolute atomic E-state index is 11.1. The quantitative estimate of drug-likeness (QED) is 0.887. The van der Waals surface area contributed by atoms with Gasteiger partial charge in [-0.3, -0.25) is 4.79 Å². The summed E-state index contributed by atoms with van der Waals surface area (Å²) in [5.41, 5.74) is 0.485. The molecule has 1 heterocycles. The van der Waals surface area contributed by atoms with Crippen LogP contribution in [0.1, 0.15) is 24.8 Å². The van der Waals surface area contributed by atoms with Crippen LogP contribution < -0.4 is 4.94 Å². The highest BCUT2D eigenvalue weighted by molar-refractivity contribution is 7.16. The molecule has 0 spiro atoms. The zero-order chi connectivity index (χ0) is 12.9. The predicted octanol–water partition coefficient (Wildman–Crippen LogP) is 2.07. The number of carboxylic acids is 1. The fraction of sp³-hybridized carbons (Fsp3) is 0.333. The van der Waals surface area contributed by atoms with Gasteiger partial charge in [0.05, 0.1) is 11.1 Å². The molecule has 5 nitrogen and oxygen atoms in total. The molecule has 3 rings (SSSR count). The lowest BCUT2D eigenvalue weighted by atomic mass is 9.91. The van der Waals surface area contributed by atoms with Crippen LogP contribution in [-0.2, 0) is 10.2 Å². The van der Waals surface area contributed by atoms with Gasteiger partial charge in [-0.2, -0.15) is 0 Å². The predicted molar refractivity (Wildman–Crippen MR) is 65.2 cm³/mol. The van der Waals surface area contributed by atoms with Crippen LogP contribution >= 0.6 is 11.3 Å². The first-order chi connectivity index (χ1) is 8.50. The molecule has 18 heavy (non-hydrogen) atoms. The normalized spacial score (nSPS) is 16.9. The van der Waals surface area contributed by atoms with Crippen molar-refractivity contribution in [2.24, 2.45) is 0 Å². The molecule has 0 amide bonds. The highest BCUT2D eigenvalue weighted by Gasteiger charge is 2.47. The van der Waals surface area contributed by atoms with Gasteiger partial charge in [-0.15, -0.1) is 0 Å². The Kier molecular flexibility index (Phi) is 2.25. The topological polar surface area (TPSA) is 87.7 Å². The van der Waals surface area contributed by atoms with Gasteiger partial charge in [-0.25, -0.2) is 4.79 Å². The number of phenolic OH excluding ortho intramolecular Hbond substituents is 1. The van der Waals surface area contributed by atoms with Crippen LogP contribution in [-0.4, -0.2) is 16.2 Å². The second kappa shape index (κ2) is 3.58. The van der Waals surface area contributed by atoms with Crippen molar-refractivity contribution in [1.82, 2.24) is 0 Å². The van der Waals surface area contributed by atoms with Crippen LogP contribution in [0.2, 0.25) is 0 Å². The van der Waals surface area contributed by atoms with Crippen molar-refractivity contribution in [1.29, 1.82) is 0 Å². The number of carboxylic acid groups (broad SMARTS) is 1. The molecule has 0 aliphatic heterocycles. The minimum absolute atomic E-state index is 0.0135. The highest BCUT2D eigenvalue weighted by Crippen LogP contribution is 2.54. The summed E-state index contributed by atoms with van der Waals surface area (Å²) in [7, 11) is 0. The van der Waals surface area contributed by atoms with Gasteiger partial charge in [0.25, 0.3) is 0 Å². The lowest BCUT2D eigenvalue weighted by Gasteiger charge is -2.14. The molecule has 2 N–H and O–H groups in total. The Balaban J connectivity index is 2.14. The van der Waals surface area contributed by atoms with Crippen LogP contribution in [0, 0.1) is 0 Å². The third-order valence-corrected chi connectivity index (χ3v) is 4.15. The zero-order valence-electron chi connectivity index (χ0n) is 9.30. The van der Waals surface area contributed by atoms with Gasteiger partial charge in [-0.05, 0) is 18.9 Å². The number of phenols is 1. The van der Waals surface area contributed by atoms with Gasteiger partial charge in [-0.1, -0.05) is 11.3 Å². The third-order valence-electron chi connectivity index (χ3n) is 3.36. The fourth-order valence-corrected chi connectivity index (χ4v) is 3.00. The van der Waals surface area contributed by atoms with Crippen molar-refractivity contribution in [3.8, 4) is 5.75 Å². The molecule has 1 fully saturated rings. The summed E-state index contributed by atoms with van der Waals surface area (Å²) in [5, 5.41) is 18.9. The van der Waals surface area contributed by atoms with Crippen molar-refractivity contribution < 1.29 is 19.4 Å². The van der Waals surface area contributed by atoms with Gasteiger partial charge in [0.2, 0.25) is 0 Å². The number of hydrogen-bond acceptors (Lipinski definition) is 5. The standard InChI is InChI=1S/C12H10O5S/c13-7-4-9-8(17-11(16)18-9)3-6(7)12(1-2-12)5-10(14)15/h3-4,13H,1-2,5H2,(H,14,15). The Labute approximate surface area is 105 Å². The van der Waals surface area contributed by atoms with Crippen molar-refractivity contribution in [2.75, 3.05) is 0 Å². The summed E-state index contributed by atoms with van der Waals surface area (Å²) in [6, 6.07) is 3.07. The van der Waals surface area contributed by atoms with E-state index in [0.717, 1.165) is 24.2 Å². The van der Waals surface area contributed by atoms with Gasteiger partial charge in [0.15, 0.2) is 0 Å². The van der Waals surface area contributed by atoms with E-state index in [9.17, 15) is 14.7 Å². The van der Waals surface area contributed by atoms with Gasteiger partial charge in [0, 0.05) is 17.0 Å². The second-order valence-corrected chi connectivity index (χ2v) is 5.60. The first-order valence-corrected chi connectivity index (χ1v) is 6.31. The average Bonchev–Trinajstić information content (AvgIpc) is 2.92. The molecule has 2 aromatic rings. The molecule has 1 aromatic heterocycles. The van der Waals surface area contributed by atoms with E-state index in [1.165, 1.54) is 6.07 Å². The molecule has 6 heteroatoms. The van der Waals surface area contributed by atoms with Crippen molar-refractivity contribution in [2.45, 2.75) is 24.7 Å². The molecule has 94 valence electrons. The lowest BCUT2D eigenvalue weighted by Crippen LogP contribution is -2.13. The van der Waals surface area contributed by atoms with Gasteiger partial charge < -0.3 is 14.6 Å². The van der Waals surface area contributed by atoms with E-state index in [0.29, 0.717) is 15.8 Å². The smallest absolute Gasteiger partial charge is 0.396 e. The summed E-state index contributed by atoms with van der Waals surface area (Å²) >= 11 is 0.921. The first kappa shape index (κ1) is 11.3. The van der Waals surface area contributed by atoms with E-state index < -0.39 is 16.3 Å².